The third-order valence-corrected chi connectivity index (χ3v) is 5.52. The van der Waals surface area contributed by atoms with Crippen LogP contribution in [-0.2, 0) is 9.47 Å². The van der Waals surface area contributed by atoms with E-state index in [9.17, 15) is 4.39 Å². The summed E-state index contributed by atoms with van der Waals surface area (Å²) in [6.45, 7) is 8.20. The number of aromatic nitrogens is 4. The number of aromatic amines is 1. The monoisotopic (exact) mass is 463 g/mol. The van der Waals surface area contributed by atoms with Crippen molar-refractivity contribution in [2.45, 2.75) is 12.7 Å². The van der Waals surface area contributed by atoms with Crippen LogP contribution in [0.5, 0.6) is 0 Å². The van der Waals surface area contributed by atoms with Crippen molar-refractivity contribution in [3.05, 3.63) is 60.3 Å². The maximum Gasteiger partial charge on any atom is 0.223 e. The second-order valence-corrected chi connectivity index (χ2v) is 8.16. The van der Waals surface area contributed by atoms with Gasteiger partial charge >= 0.3 is 0 Å². The van der Waals surface area contributed by atoms with Crippen LogP contribution in [0.25, 0.3) is 22.6 Å². The molecule has 0 unspecified atom stereocenters. The van der Waals surface area contributed by atoms with Crippen molar-refractivity contribution in [1.82, 2.24) is 24.8 Å². The molecule has 0 amide bonds. The summed E-state index contributed by atoms with van der Waals surface area (Å²) in [6, 6.07) is 7.99. The minimum atomic E-state index is -0.646. The van der Waals surface area contributed by atoms with Crippen molar-refractivity contribution < 1.29 is 13.9 Å². The average molecular weight is 464 g/mol. The second-order valence-electron chi connectivity index (χ2n) is 8.16. The zero-order valence-corrected chi connectivity index (χ0v) is 18.7. The predicted molar refractivity (Wildman–Crippen MR) is 127 cm³/mol. The summed E-state index contributed by atoms with van der Waals surface area (Å²) < 4.78 is 25.0. The van der Waals surface area contributed by atoms with Gasteiger partial charge in [0.1, 0.15) is 5.82 Å². The van der Waals surface area contributed by atoms with Crippen LogP contribution in [0.4, 0.5) is 10.3 Å². The number of aliphatic imine (C=N–C) groups is 1. The maximum absolute atomic E-state index is 13.5. The number of benzene rings is 1. The molecule has 5 rings (SSSR count). The Hall–Kier alpha value is -3.63. The lowest BCUT2D eigenvalue weighted by Gasteiger charge is -2.22. The highest BCUT2D eigenvalue weighted by atomic mass is 19.1. The topological polar surface area (TPSA) is 101 Å². The van der Waals surface area contributed by atoms with E-state index in [2.05, 4.69) is 36.7 Å². The molecule has 0 saturated carbocycles. The molecule has 1 saturated heterocycles. The van der Waals surface area contributed by atoms with Gasteiger partial charge in [0.15, 0.2) is 5.82 Å². The van der Waals surface area contributed by atoms with Crippen molar-refractivity contribution in [2.24, 2.45) is 4.99 Å². The number of imidazole rings is 1. The Morgan fingerprint density at radius 1 is 1.15 bits per heavy atom. The Morgan fingerprint density at radius 3 is 2.74 bits per heavy atom. The van der Waals surface area contributed by atoms with Crippen molar-refractivity contribution >= 4 is 12.3 Å². The first-order valence-corrected chi connectivity index (χ1v) is 11.2. The van der Waals surface area contributed by atoms with Crippen LogP contribution in [0.1, 0.15) is 18.5 Å². The molecular weight excluding hydrogens is 437 g/mol. The van der Waals surface area contributed by atoms with Gasteiger partial charge in [-0.1, -0.05) is 6.58 Å². The van der Waals surface area contributed by atoms with Gasteiger partial charge < -0.3 is 24.7 Å². The van der Waals surface area contributed by atoms with Gasteiger partial charge in [0.2, 0.25) is 12.2 Å². The molecular formula is C24H26FN7O2. The molecule has 0 spiro atoms. The van der Waals surface area contributed by atoms with Gasteiger partial charge in [-0.15, -0.1) is 0 Å². The van der Waals surface area contributed by atoms with E-state index in [-0.39, 0.29) is 5.82 Å². The Bertz CT molecular complexity index is 1170. The van der Waals surface area contributed by atoms with E-state index in [0.717, 1.165) is 43.7 Å². The molecule has 2 aliphatic rings. The van der Waals surface area contributed by atoms with Crippen LogP contribution in [-0.4, -0.2) is 70.6 Å². The number of nitrogens with zero attached hydrogens (tertiary/aromatic N) is 5. The third-order valence-electron chi connectivity index (χ3n) is 5.52. The minimum Gasteiger partial charge on any atom is -0.361 e. The molecule has 0 aliphatic carbocycles. The van der Waals surface area contributed by atoms with E-state index in [1.165, 1.54) is 12.1 Å². The van der Waals surface area contributed by atoms with E-state index in [1.54, 1.807) is 24.4 Å². The van der Waals surface area contributed by atoms with Crippen LogP contribution >= 0.6 is 0 Å². The van der Waals surface area contributed by atoms with Gasteiger partial charge in [-0.25, -0.2) is 19.3 Å². The molecule has 2 aromatic heterocycles. The summed E-state index contributed by atoms with van der Waals surface area (Å²) in [5, 5.41) is 3.28. The van der Waals surface area contributed by atoms with E-state index < -0.39 is 6.29 Å². The van der Waals surface area contributed by atoms with Gasteiger partial charge in [0.05, 0.1) is 43.2 Å². The number of halogens is 1. The standard InChI is InChI=1S/C24H26FN7O2/c1-16-13-33-23(34-14-16)22-30-20(17-3-5-18(25)6-4-17)21(31-22)19-7-9-28-24(29-19)27-8-2-11-32-12-10-26-15-32/h3-7,9,15,23H,1-2,8,10-14H2,(H,30,31)(H,27,28,29). The van der Waals surface area contributed by atoms with E-state index in [4.69, 9.17) is 14.5 Å². The molecule has 0 atom stereocenters. The molecule has 1 aromatic carbocycles. The zero-order chi connectivity index (χ0) is 23.3. The summed E-state index contributed by atoms with van der Waals surface area (Å²) in [7, 11) is 0. The zero-order valence-electron chi connectivity index (χ0n) is 18.7. The van der Waals surface area contributed by atoms with Crippen LogP contribution in [0.15, 0.2) is 53.7 Å². The lowest BCUT2D eigenvalue weighted by molar-refractivity contribution is -0.165. The van der Waals surface area contributed by atoms with Crippen molar-refractivity contribution in [3.8, 4) is 22.6 Å². The highest BCUT2D eigenvalue weighted by molar-refractivity contribution is 5.77. The molecule has 4 heterocycles. The van der Waals surface area contributed by atoms with Gasteiger partial charge in [-0.05, 0) is 42.3 Å². The highest BCUT2D eigenvalue weighted by Crippen LogP contribution is 2.33. The van der Waals surface area contributed by atoms with Gasteiger partial charge in [-0.3, -0.25) is 4.99 Å². The van der Waals surface area contributed by atoms with Crippen molar-refractivity contribution in [2.75, 3.05) is 44.7 Å². The Labute approximate surface area is 196 Å². The first-order chi connectivity index (χ1) is 16.7. The molecule has 2 N–H and O–H groups in total. The molecule has 2 aliphatic heterocycles. The van der Waals surface area contributed by atoms with E-state index >= 15 is 0 Å². The van der Waals surface area contributed by atoms with Gasteiger partial charge in [0, 0.05) is 31.4 Å². The van der Waals surface area contributed by atoms with Crippen LogP contribution < -0.4 is 5.32 Å². The fraction of sp³-hybridized carbons (Fsp3) is 0.333. The predicted octanol–water partition coefficient (Wildman–Crippen LogP) is 3.42. The summed E-state index contributed by atoms with van der Waals surface area (Å²) in [6.07, 6.45) is 3.90. The molecule has 0 radical (unpaired) electrons. The first kappa shape index (κ1) is 22.2. The lowest BCUT2D eigenvalue weighted by atomic mass is 10.1. The number of rotatable bonds is 8. The van der Waals surface area contributed by atoms with Gasteiger partial charge in [0.25, 0.3) is 0 Å². The summed E-state index contributed by atoms with van der Waals surface area (Å²) >= 11 is 0. The summed E-state index contributed by atoms with van der Waals surface area (Å²) in [5.41, 5.74) is 3.58. The summed E-state index contributed by atoms with van der Waals surface area (Å²) in [4.78, 5) is 23.5. The molecule has 176 valence electrons. The lowest BCUT2D eigenvalue weighted by Crippen LogP contribution is -2.22. The second kappa shape index (κ2) is 10.1. The summed E-state index contributed by atoms with van der Waals surface area (Å²) in [5.74, 6) is 0.727. The number of ether oxygens (including phenoxy) is 2. The van der Waals surface area contributed by atoms with Crippen LogP contribution in [0.2, 0.25) is 0 Å². The van der Waals surface area contributed by atoms with Gasteiger partial charge in [-0.2, -0.15) is 0 Å². The average Bonchev–Trinajstić information content (AvgIpc) is 3.54. The number of nitrogens with one attached hydrogen (secondary N) is 2. The molecule has 3 aromatic rings. The van der Waals surface area contributed by atoms with E-state index in [0.29, 0.717) is 42.1 Å². The van der Waals surface area contributed by atoms with Crippen LogP contribution in [0.3, 0.4) is 0 Å². The fourth-order valence-corrected chi connectivity index (χ4v) is 3.79. The molecule has 34 heavy (non-hydrogen) atoms. The number of anilines is 1. The Morgan fingerprint density at radius 2 is 1.97 bits per heavy atom. The fourth-order valence-electron chi connectivity index (χ4n) is 3.79. The normalized spacial score (nSPS) is 16.4. The highest BCUT2D eigenvalue weighted by Gasteiger charge is 2.25. The third kappa shape index (κ3) is 5.13. The molecule has 0 bridgehead atoms. The largest absolute Gasteiger partial charge is 0.361 e. The van der Waals surface area contributed by atoms with Crippen molar-refractivity contribution in [1.29, 1.82) is 0 Å². The Balaban J connectivity index is 1.37. The number of hydrogen-bond acceptors (Lipinski definition) is 8. The SMILES string of the molecule is C=C1COC(c2nc(-c3ccc(F)cc3)c(-c3ccnc(NCCCN4C=NCC4)n3)[nH]2)OC1. The Kier molecular flexibility index (Phi) is 6.59. The minimum absolute atomic E-state index is 0.313. The van der Waals surface area contributed by atoms with Crippen molar-refractivity contribution in [3.63, 3.8) is 0 Å². The van der Waals surface area contributed by atoms with E-state index in [1.807, 2.05) is 6.34 Å². The number of hydrogen-bond donors (Lipinski definition) is 2. The quantitative estimate of drug-likeness (QED) is 0.390. The molecule has 1 fully saturated rings. The van der Waals surface area contributed by atoms with Crippen LogP contribution in [0, 0.1) is 5.82 Å². The first-order valence-electron chi connectivity index (χ1n) is 11.2. The molecule has 9 nitrogen and oxygen atoms in total. The molecule has 10 heteroatoms. The number of H-pyrrole nitrogens is 1. The maximum atomic E-state index is 13.5. The smallest absolute Gasteiger partial charge is 0.223 e.